The molecule has 0 amide bonds. The average Bonchev–Trinajstić information content (AvgIpc) is 2.60. The van der Waals surface area contributed by atoms with E-state index in [0.29, 0.717) is 0 Å². The van der Waals surface area contributed by atoms with Crippen LogP contribution in [0.4, 0.5) is 0 Å². The van der Waals surface area contributed by atoms with Crippen LogP contribution in [0.3, 0.4) is 0 Å². The van der Waals surface area contributed by atoms with Crippen molar-refractivity contribution in [1.29, 1.82) is 0 Å². The second-order valence-electron chi connectivity index (χ2n) is 5.55. The Bertz CT molecular complexity index is 471. The summed E-state index contributed by atoms with van der Waals surface area (Å²) >= 11 is 0. The number of morpholine rings is 1. The number of benzene rings is 1. The van der Waals surface area contributed by atoms with Crippen molar-refractivity contribution < 1.29 is 13.6 Å². The Balaban J connectivity index is 2.01. The molecule has 1 aromatic carbocycles. The number of rotatable bonds is 8. The minimum atomic E-state index is -2.36. The molecule has 0 radical (unpaired) electrons. The summed E-state index contributed by atoms with van der Waals surface area (Å²) in [6.45, 7) is 8.67. The van der Waals surface area contributed by atoms with Crippen LogP contribution >= 0.6 is 0 Å². The fraction of sp³-hybridized carbons (Fsp3) is 0.529. The summed E-state index contributed by atoms with van der Waals surface area (Å²) in [5.74, 6) is 0. The molecule has 1 aromatic rings. The molecular weight excluding hydrogens is 294 g/mol. The van der Waals surface area contributed by atoms with Crippen LogP contribution in [-0.2, 0) is 13.6 Å². The van der Waals surface area contributed by atoms with Gasteiger partial charge in [0.15, 0.2) is 0 Å². The predicted octanol–water partition coefficient (Wildman–Crippen LogP) is 1.99. The summed E-state index contributed by atoms with van der Waals surface area (Å²) in [4.78, 5) is 2.45. The van der Waals surface area contributed by atoms with Gasteiger partial charge >= 0.3 is 8.56 Å². The van der Waals surface area contributed by atoms with Gasteiger partial charge in [-0.1, -0.05) is 36.9 Å². The first-order valence-corrected chi connectivity index (χ1v) is 9.90. The van der Waals surface area contributed by atoms with E-state index in [9.17, 15) is 0 Å². The Kier molecular flexibility index (Phi) is 6.79. The normalized spacial score (nSPS) is 16.6. The van der Waals surface area contributed by atoms with Crippen LogP contribution in [-0.4, -0.2) is 60.5 Å². The molecule has 1 heterocycles. The summed E-state index contributed by atoms with van der Waals surface area (Å²) in [7, 11) is 1.18. The first-order chi connectivity index (χ1) is 10.7. The second-order valence-corrected chi connectivity index (χ2v) is 8.95. The third-order valence-electron chi connectivity index (χ3n) is 4.31. The molecule has 0 atom stereocenters. The molecule has 0 bridgehead atoms. The minimum absolute atomic E-state index is 0.846. The van der Waals surface area contributed by atoms with Crippen LogP contribution < -0.4 is 5.19 Å². The van der Waals surface area contributed by atoms with E-state index in [4.69, 9.17) is 13.6 Å². The van der Waals surface area contributed by atoms with E-state index in [1.165, 1.54) is 5.19 Å². The fourth-order valence-electron chi connectivity index (χ4n) is 2.93. The van der Waals surface area contributed by atoms with Gasteiger partial charge in [0.1, 0.15) is 0 Å². The van der Waals surface area contributed by atoms with Crippen molar-refractivity contribution in [2.75, 3.05) is 47.1 Å². The Labute approximate surface area is 134 Å². The highest BCUT2D eigenvalue weighted by Crippen LogP contribution is 2.17. The number of ether oxygens (including phenoxy) is 1. The molecule has 5 heteroatoms. The molecule has 22 heavy (non-hydrogen) atoms. The van der Waals surface area contributed by atoms with Crippen molar-refractivity contribution in [3.8, 4) is 0 Å². The maximum absolute atomic E-state index is 5.90. The van der Waals surface area contributed by atoms with Crippen molar-refractivity contribution in [1.82, 2.24) is 4.90 Å². The van der Waals surface area contributed by atoms with Crippen LogP contribution in [0.2, 0.25) is 6.04 Å². The molecule has 0 aromatic heterocycles. The zero-order valence-corrected chi connectivity index (χ0v) is 14.7. The van der Waals surface area contributed by atoms with Gasteiger partial charge in [0.25, 0.3) is 0 Å². The van der Waals surface area contributed by atoms with Crippen LogP contribution in [0.1, 0.15) is 12.0 Å². The molecule has 122 valence electrons. The highest BCUT2D eigenvalue weighted by molar-refractivity contribution is 6.81. The molecule has 1 saturated heterocycles. The topological polar surface area (TPSA) is 30.9 Å². The number of nitrogens with zero attached hydrogens (tertiary/aromatic N) is 1. The van der Waals surface area contributed by atoms with Crippen LogP contribution in [0, 0.1) is 0 Å². The number of hydrogen-bond acceptors (Lipinski definition) is 4. The molecule has 1 aliphatic rings. The standard InChI is InChI=1S/C17H27NO3Si/c1-4-16-7-5-8-17(15-16)22(19-2,20-3)14-6-9-18-10-12-21-13-11-18/h4-5,7-8,15H,1,6,9-14H2,2-3H3. The maximum Gasteiger partial charge on any atom is 0.372 e. The van der Waals surface area contributed by atoms with Crippen molar-refractivity contribution in [2.45, 2.75) is 12.5 Å². The molecule has 4 nitrogen and oxygen atoms in total. The average molecular weight is 321 g/mol. The molecule has 1 fully saturated rings. The SMILES string of the molecule is C=Cc1cccc([Si](CCCN2CCOCC2)(OC)OC)c1. The summed E-state index contributed by atoms with van der Waals surface area (Å²) in [5.41, 5.74) is 1.11. The summed E-state index contributed by atoms with van der Waals surface area (Å²) in [6.07, 6.45) is 2.94. The van der Waals surface area contributed by atoms with E-state index in [0.717, 1.165) is 50.9 Å². The lowest BCUT2D eigenvalue weighted by Crippen LogP contribution is -2.52. The van der Waals surface area contributed by atoms with E-state index < -0.39 is 8.56 Å². The van der Waals surface area contributed by atoms with Gasteiger partial charge in [-0.3, -0.25) is 4.90 Å². The third kappa shape index (κ3) is 4.27. The Morgan fingerprint density at radius 3 is 2.64 bits per heavy atom. The predicted molar refractivity (Wildman–Crippen MR) is 92.6 cm³/mol. The van der Waals surface area contributed by atoms with Crippen molar-refractivity contribution >= 4 is 19.8 Å². The molecule has 2 rings (SSSR count). The van der Waals surface area contributed by atoms with Gasteiger partial charge in [0, 0.05) is 27.3 Å². The first-order valence-electron chi connectivity index (χ1n) is 7.87. The molecule has 1 aliphatic heterocycles. The lowest BCUT2D eigenvalue weighted by molar-refractivity contribution is 0.0377. The van der Waals surface area contributed by atoms with Crippen LogP contribution in [0.15, 0.2) is 30.8 Å². The van der Waals surface area contributed by atoms with Gasteiger partial charge in [0.2, 0.25) is 0 Å². The summed E-state index contributed by atoms with van der Waals surface area (Å²) in [5, 5.41) is 1.18. The molecule has 0 saturated carbocycles. The molecule has 0 unspecified atom stereocenters. The van der Waals surface area contributed by atoms with E-state index >= 15 is 0 Å². The van der Waals surface area contributed by atoms with E-state index in [2.05, 4.69) is 29.7 Å². The highest BCUT2D eigenvalue weighted by Gasteiger charge is 2.37. The molecule has 0 aliphatic carbocycles. The van der Waals surface area contributed by atoms with Gasteiger partial charge in [-0.2, -0.15) is 0 Å². The fourth-order valence-corrected chi connectivity index (χ4v) is 5.63. The van der Waals surface area contributed by atoms with Crippen LogP contribution in [0.5, 0.6) is 0 Å². The lowest BCUT2D eigenvalue weighted by Gasteiger charge is -2.30. The minimum Gasteiger partial charge on any atom is -0.394 e. The smallest absolute Gasteiger partial charge is 0.372 e. The monoisotopic (exact) mass is 321 g/mol. The zero-order chi connectivity index (χ0) is 15.8. The lowest BCUT2D eigenvalue weighted by atomic mass is 10.2. The quantitative estimate of drug-likeness (QED) is 0.685. The van der Waals surface area contributed by atoms with E-state index in [1.807, 2.05) is 12.1 Å². The molecule has 0 spiro atoms. The van der Waals surface area contributed by atoms with E-state index in [1.54, 1.807) is 14.2 Å². The van der Waals surface area contributed by atoms with Crippen molar-refractivity contribution in [3.05, 3.63) is 36.4 Å². The molecular formula is C17H27NO3Si. The zero-order valence-electron chi connectivity index (χ0n) is 13.7. The van der Waals surface area contributed by atoms with Gasteiger partial charge < -0.3 is 13.6 Å². The van der Waals surface area contributed by atoms with Gasteiger partial charge in [-0.25, -0.2) is 0 Å². The number of hydrogen-bond donors (Lipinski definition) is 0. The second kappa shape index (κ2) is 8.60. The van der Waals surface area contributed by atoms with Crippen molar-refractivity contribution in [3.63, 3.8) is 0 Å². The highest BCUT2D eigenvalue weighted by atomic mass is 28.4. The third-order valence-corrected chi connectivity index (χ3v) is 7.83. The first kappa shape index (κ1) is 17.4. The van der Waals surface area contributed by atoms with E-state index in [-0.39, 0.29) is 0 Å². The Morgan fingerprint density at radius 2 is 2.00 bits per heavy atom. The summed E-state index contributed by atoms with van der Waals surface area (Å²) < 4.78 is 17.2. The summed E-state index contributed by atoms with van der Waals surface area (Å²) in [6, 6.07) is 9.31. The Morgan fingerprint density at radius 1 is 1.27 bits per heavy atom. The van der Waals surface area contributed by atoms with Crippen LogP contribution in [0.25, 0.3) is 6.08 Å². The molecule has 0 N–H and O–H groups in total. The van der Waals surface area contributed by atoms with Gasteiger partial charge in [0.05, 0.1) is 13.2 Å². The maximum atomic E-state index is 5.90. The largest absolute Gasteiger partial charge is 0.394 e. The van der Waals surface area contributed by atoms with Crippen molar-refractivity contribution in [2.24, 2.45) is 0 Å². The van der Waals surface area contributed by atoms with Gasteiger partial charge in [-0.15, -0.1) is 0 Å². The Hall–Kier alpha value is -0.983. The van der Waals surface area contributed by atoms with Gasteiger partial charge in [-0.05, 0) is 29.8 Å².